The first kappa shape index (κ1) is 22.2. The number of hydrogen-bond acceptors (Lipinski definition) is 4. The summed E-state index contributed by atoms with van der Waals surface area (Å²) in [6.45, 7) is 1.71. The Bertz CT molecular complexity index is 976. The van der Waals surface area contributed by atoms with E-state index in [1.165, 1.54) is 19.2 Å². The summed E-state index contributed by atoms with van der Waals surface area (Å²) in [5, 5.41) is 10.5. The third kappa shape index (κ3) is 6.50. The van der Waals surface area contributed by atoms with E-state index in [1.54, 1.807) is 48.3 Å². The van der Waals surface area contributed by atoms with Crippen LogP contribution >= 0.6 is 8.86 Å². The van der Waals surface area contributed by atoms with Gasteiger partial charge in [-0.25, -0.2) is 17.9 Å². The number of hydrogen-bond donors (Lipinski definition) is 1. The van der Waals surface area contributed by atoms with Gasteiger partial charge in [0.05, 0.1) is 24.0 Å². The van der Waals surface area contributed by atoms with Gasteiger partial charge >= 0.3 is 0 Å². The Labute approximate surface area is 168 Å². The van der Waals surface area contributed by atoms with Gasteiger partial charge in [-0.2, -0.15) is 0 Å². The van der Waals surface area contributed by atoms with Crippen LogP contribution in [0.4, 0.5) is 13.2 Å². The standard InChI is InChI=1S/C16H14FN5O.C3H5F2P/c1-18-16(23)11-6-7-12(19-8-11)9-22-10-15(20-21-22)13-4-2-3-5-14(13)17;1-2(6)3(4)5/h2-8,10H,9H2,1H3,(H,18,23);3,6H,1H3. The minimum atomic E-state index is -2.32. The van der Waals surface area contributed by atoms with E-state index in [-0.39, 0.29) is 17.0 Å². The third-order valence-electron chi connectivity index (χ3n) is 3.65. The molecular formula is C19H19F3N5OP. The van der Waals surface area contributed by atoms with Crippen molar-refractivity contribution >= 4 is 20.1 Å². The molecule has 0 saturated heterocycles. The zero-order valence-corrected chi connectivity index (χ0v) is 16.7. The highest BCUT2D eigenvalue weighted by molar-refractivity contribution is 7.21. The van der Waals surface area contributed by atoms with Crippen molar-refractivity contribution in [2.75, 3.05) is 7.05 Å². The SMILES string of the molecule is CC(=P)C(F)F.CNC(=O)c1ccc(Cn2cc(-c3ccccc3F)nn2)nc1. The maximum Gasteiger partial charge on any atom is 0.263 e. The molecule has 2 heterocycles. The van der Waals surface area contributed by atoms with Crippen LogP contribution in [0.3, 0.4) is 0 Å². The van der Waals surface area contributed by atoms with Crippen molar-refractivity contribution in [3.05, 3.63) is 65.9 Å². The molecule has 1 aromatic carbocycles. The van der Waals surface area contributed by atoms with Crippen LogP contribution in [0, 0.1) is 5.82 Å². The molecule has 3 rings (SSSR count). The van der Waals surface area contributed by atoms with Crippen LogP contribution in [0.2, 0.25) is 0 Å². The molecule has 152 valence electrons. The summed E-state index contributed by atoms with van der Waals surface area (Å²) < 4.78 is 37.5. The predicted molar refractivity (Wildman–Crippen MR) is 107 cm³/mol. The zero-order chi connectivity index (χ0) is 21.4. The quantitative estimate of drug-likeness (QED) is 0.641. The number of alkyl halides is 2. The molecule has 2 aromatic heterocycles. The van der Waals surface area contributed by atoms with E-state index in [4.69, 9.17) is 0 Å². The van der Waals surface area contributed by atoms with Gasteiger partial charge in [-0.3, -0.25) is 9.78 Å². The first-order chi connectivity index (χ1) is 13.8. The van der Waals surface area contributed by atoms with Crippen molar-refractivity contribution in [3.8, 4) is 11.3 Å². The average Bonchev–Trinajstić information content (AvgIpc) is 3.17. The van der Waals surface area contributed by atoms with Crippen LogP contribution < -0.4 is 5.32 Å². The lowest BCUT2D eigenvalue weighted by Crippen LogP contribution is -2.18. The van der Waals surface area contributed by atoms with Crippen molar-refractivity contribution in [1.29, 1.82) is 0 Å². The number of benzene rings is 1. The first-order valence-electron chi connectivity index (χ1n) is 8.47. The Kier molecular flexibility index (Phi) is 8.03. The number of amides is 1. The lowest BCUT2D eigenvalue weighted by atomic mass is 10.1. The van der Waals surface area contributed by atoms with Crippen molar-refractivity contribution in [2.24, 2.45) is 0 Å². The summed E-state index contributed by atoms with van der Waals surface area (Å²) >= 11 is 0. The van der Waals surface area contributed by atoms with Gasteiger partial charge in [-0.1, -0.05) is 17.3 Å². The van der Waals surface area contributed by atoms with Crippen LogP contribution in [0.5, 0.6) is 0 Å². The molecular weight excluding hydrogens is 402 g/mol. The Morgan fingerprint density at radius 2 is 1.93 bits per heavy atom. The van der Waals surface area contributed by atoms with Gasteiger partial charge in [0.25, 0.3) is 12.3 Å². The van der Waals surface area contributed by atoms with E-state index in [0.29, 0.717) is 23.4 Å². The maximum absolute atomic E-state index is 13.7. The normalized spacial score (nSPS) is 10.3. The maximum atomic E-state index is 13.7. The van der Waals surface area contributed by atoms with Gasteiger partial charge in [0.2, 0.25) is 0 Å². The highest BCUT2D eigenvalue weighted by atomic mass is 31.0. The van der Waals surface area contributed by atoms with E-state index >= 15 is 0 Å². The van der Waals surface area contributed by atoms with Crippen LogP contribution in [0.15, 0.2) is 48.8 Å². The van der Waals surface area contributed by atoms with E-state index in [1.807, 2.05) is 0 Å². The molecule has 10 heteroatoms. The van der Waals surface area contributed by atoms with Gasteiger partial charge in [0, 0.05) is 24.1 Å². The molecule has 0 radical (unpaired) electrons. The Hall–Kier alpha value is -3.06. The van der Waals surface area contributed by atoms with Crippen molar-refractivity contribution < 1.29 is 18.0 Å². The first-order valence-corrected chi connectivity index (χ1v) is 8.97. The molecule has 6 nitrogen and oxygen atoms in total. The highest BCUT2D eigenvalue weighted by Gasteiger charge is 2.09. The highest BCUT2D eigenvalue weighted by Crippen LogP contribution is 2.19. The Morgan fingerprint density at radius 3 is 2.48 bits per heavy atom. The number of aromatic nitrogens is 4. The summed E-state index contributed by atoms with van der Waals surface area (Å²) in [6, 6.07) is 9.84. The molecule has 0 aliphatic rings. The number of carbonyl (C=O) groups is 1. The molecule has 0 aliphatic carbocycles. The monoisotopic (exact) mass is 421 g/mol. The fourth-order valence-electron chi connectivity index (χ4n) is 2.13. The molecule has 0 bridgehead atoms. The molecule has 0 atom stereocenters. The zero-order valence-electron chi connectivity index (χ0n) is 15.7. The molecule has 0 saturated carbocycles. The molecule has 0 unspecified atom stereocenters. The molecule has 29 heavy (non-hydrogen) atoms. The van der Waals surface area contributed by atoms with E-state index in [9.17, 15) is 18.0 Å². The van der Waals surface area contributed by atoms with Gasteiger partial charge in [-0.15, -0.1) is 14.0 Å². The van der Waals surface area contributed by atoms with E-state index in [2.05, 4.69) is 29.5 Å². The number of rotatable bonds is 5. The van der Waals surface area contributed by atoms with Crippen LogP contribution in [0.1, 0.15) is 23.0 Å². The Morgan fingerprint density at radius 1 is 1.24 bits per heavy atom. The van der Waals surface area contributed by atoms with Crippen molar-refractivity contribution in [2.45, 2.75) is 19.9 Å². The van der Waals surface area contributed by atoms with E-state index < -0.39 is 6.43 Å². The van der Waals surface area contributed by atoms with Gasteiger partial charge < -0.3 is 5.32 Å². The summed E-state index contributed by atoms with van der Waals surface area (Å²) in [4.78, 5) is 15.7. The molecule has 0 fully saturated rings. The second kappa shape index (κ2) is 10.5. The van der Waals surface area contributed by atoms with Crippen LogP contribution in [-0.2, 0) is 6.54 Å². The summed E-state index contributed by atoms with van der Waals surface area (Å²) in [5.74, 6) is -0.528. The molecule has 0 aliphatic heterocycles. The topological polar surface area (TPSA) is 72.7 Å². The van der Waals surface area contributed by atoms with Crippen molar-refractivity contribution in [3.63, 3.8) is 0 Å². The predicted octanol–water partition coefficient (Wildman–Crippen LogP) is 3.47. The second-order valence-corrected chi connectivity index (χ2v) is 6.67. The van der Waals surface area contributed by atoms with Crippen molar-refractivity contribution in [1.82, 2.24) is 25.3 Å². The smallest absolute Gasteiger partial charge is 0.263 e. The van der Waals surface area contributed by atoms with Gasteiger partial charge in [0.15, 0.2) is 0 Å². The second-order valence-electron chi connectivity index (χ2n) is 5.88. The van der Waals surface area contributed by atoms with Crippen LogP contribution in [0.25, 0.3) is 11.3 Å². The van der Waals surface area contributed by atoms with Gasteiger partial charge in [0.1, 0.15) is 11.5 Å². The lowest BCUT2D eigenvalue weighted by molar-refractivity contribution is 0.0962. The minimum Gasteiger partial charge on any atom is -0.355 e. The molecule has 3 aromatic rings. The summed E-state index contributed by atoms with van der Waals surface area (Å²) in [7, 11) is 4.22. The van der Waals surface area contributed by atoms with Gasteiger partial charge in [-0.05, 0) is 31.2 Å². The van der Waals surface area contributed by atoms with Crippen LogP contribution in [-0.4, -0.2) is 44.7 Å². The number of carbonyl (C=O) groups excluding carboxylic acids is 1. The summed E-state index contributed by atoms with van der Waals surface area (Å²) in [5.41, 5.74) is 2.08. The number of nitrogens with one attached hydrogen (secondary N) is 1. The third-order valence-corrected chi connectivity index (χ3v) is 3.87. The number of halogens is 3. The summed E-state index contributed by atoms with van der Waals surface area (Å²) in [6.07, 6.45) is 0.844. The lowest BCUT2D eigenvalue weighted by Gasteiger charge is -2.02. The minimum absolute atomic E-state index is 0.0185. The Balaban J connectivity index is 0.000000438. The fourth-order valence-corrected chi connectivity index (χ4v) is 2.13. The molecule has 1 amide bonds. The number of pyridine rings is 1. The average molecular weight is 421 g/mol. The largest absolute Gasteiger partial charge is 0.355 e. The van der Waals surface area contributed by atoms with E-state index in [0.717, 1.165) is 5.69 Å². The molecule has 0 spiro atoms. The number of nitrogens with zero attached hydrogens (tertiary/aromatic N) is 4. The molecule has 1 N–H and O–H groups in total. The fraction of sp³-hybridized carbons (Fsp3) is 0.211.